The molecule has 20 heavy (non-hydrogen) atoms. The van der Waals surface area contributed by atoms with Gasteiger partial charge >= 0.3 is 0 Å². The van der Waals surface area contributed by atoms with E-state index in [2.05, 4.69) is 11.9 Å². The lowest BCUT2D eigenvalue weighted by Crippen LogP contribution is -1.99. The van der Waals surface area contributed by atoms with Crippen molar-refractivity contribution in [3.8, 4) is 17.1 Å². The molecule has 0 aliphatic heterocycles. The van der Waals surface area contributed by atoms with E-state index < -0.39 is 0 Å². The first kappa shape index (κ1) is 12.7. The minimum atomic E-state index is -0.257. The molecule has 0 spiro atoms. The number of phenolic OH excluding ortho intramolecular Hbond substituents is 1. The maximum absolute atomic E-state index is 13.4. The second-order valence-corrected chi connectivity index (χ2v) is 4.77. The lowest BCUT2D eigenvalue weighted by molar-refractivity contribution is 0.475. The third-order valence-electron chi connectivity index (χ3n) is 3.28. The highest BCUT2D eigenvalue weighted by Gasteiger charge is 2.12. The van der Waals surface area contributed by atoms with Gasteiger partial charge in [-0.15, -0.1) is 0 Å². The number of aryl methyl sites for hydroxylation is 1. The Labute approximate surface area is 116 Å². The van der Waals surface area contributed by atoms with Crippen LogP contribution in [0.5, 0.6) is 5.75 Å². The molecule has 3 rings (SSSR count). The summed E-state index contributed by atoms with van der Waals surface area (Å²) in [6, 6.07) is 11.5. The fraction of sp³-hybridized carbons (Fsp3) is 0.188. The lowest BCUT2D eigenvalue weighted by atomic mass is 10.2. The van der Waals surface area contributed by atoms with E-state index in [9.17, 15) is 9.50 Å². The highest BCUT2D eigenvalue weighted by Crippen LogP contribution is 2.27. The number of nitrogens with zero attached hydrogens (tertiary/aromatic N) is 2. The van der Waals surface area contributed by atoms with Gasteiger partial charge in [0.15, 0.2) is 0 Å². The van der Waals surface area contributed by atoms with Crippen molar-refractivity contribution in [1.29, 1.82) is 0 Å². The molecule has 2 aromatic carbocycles. The zero-order valence-corrected chi connectivity index (χ0v) is 11.2. The van der Waals surface area contributed by atoms with E-state index in [1.54, 1.807) is 18.2 Å². The predicted octanol–water partition coefficient (Wildman–Crippen LogP) is 3.96. The maximum Gasteiger partial charge on any atom is 0.141 e. The van der Waals surface area contributed by atoms with Crippen LogP contribution in [-0.4, -0.2) is 14.7 Å². The Bertz CT molecular complexity index is 747. The number of benzene rings is 2. The Morgan fingerprint density at radius 3 is 2.60 bits per heavy atom. The number of aromatic nitrogens is 2. The zero-order chi connectivity index (χ0) is 14.1. The van der Waals surface area contributed by atoms with E-state index in [1.807, 2.05) is 16.7 Å². The molecular formula is C16H15FN2O. The Balaban J connectivity index is 2.23. The Morgan fingerprint density at radius 2 is 1.90 bits per heavy atom. The van der Waals surface area contributed by atoms with Gasteiger partial charge in [0.2, 0.25) is 0 Å². The fourth-order valence-corrected chi connectivity index (χ4v) is 2.38. The summed E-state index contributed by atoms with van der Waals surface area (Å²) in [6.45, 7) is 2.85. The number of aromatic hydroxyl groups is 1. The van der Waals surface area contributed by atoms with E-state index in [0.29, 0.717) is 0 Å². The van der Waals surface area contributed by atoms with Gasteiger partial charge in [0.05, 0.1) is 11.0 Å². The van der Waals surface area contributed by atoms with E-state index >= 15 is 0 Å². The Hall–Kier alpha value is -2.36. The largest absolute Gasteiger partial charge is 0.508 e. The number of fused-ring (bicyclic) bond motifs is 1. The van der Waals surface area contributed by atoms with Crippen molar-refractivity contribution >= 4 is 11.0 Å². The molecule has 0 aliphatic carbocycles. The van der Waals surface area contributed by atoms with E-state index in [-0.39, 0.29) is 11.6 Å². The van der Waals surface area contributed by atoms with Gasteiger partial charge in [-0.05, 0) is 48.9 Å². The van der Waals surface area contributed by atoms with Gasteiger partial charge in [-0.25, -0.2) is 9.37 Å². The third-order valence-corrected chi connectivity index (χ3v) is 3.28. The van der Waals surface area contributed by atoms with Crippen LogP contribution in [0.2, 0.25) is 0 Å². The minimum Gasteiger partial charge on any atom is -0.508 e. The second kappa shape index (κ2) is 4.96. The van der Waals surface area contributed by atoms with Gasteiger partial charge in [-0.1, -0.05) is 6.92 Å². The predicted molar refractivity (Wildman–Crippen MR) is 77.1 cm³/mol. The molecule has 4 heteroatoms. The summed E-state index contributed by atoms with van der Waals surface area (Å²) in [7, 11) is 0. The highest BCUT2D eigenvalue weighted by molar-refractivity contribution is 5.80. The summed E-state index contributed by atoms with van der Waals surface area (Å²) in [5, 5.41) is 9.38. The number of rotatable bonds is 3. The maximum atomic E-state index is 13.4. The normalized spacial score (nSPS) is 11.1. The smallest absolute Gasteiger partial charge is 0.141 e. The molecular weight excluding hydrogens is 255 g/mol. The molecule has 0 radical (unpaired) electrons. The van der Waals surface area contributed by atoms with Crippen molar-refractivity contribution in [2.75, 3.05) is 0 Å². The molecule has 0 saturated heterocycles. The van der Waals surface area contributed by atoms with Crippen molar-refractivity contribution < 1.29 is 9.50 Å². The summed E-state index contributed by atoms with van der Waals surface area (Å²) in [4.78, 5) is 4.59. The molecule has 1 N–H and O–H groups in total. The third kappa shape index (κ3) is 2.13. The summed E-state index contributed by atoms with van der Waals surface area (Å²) < 4.78 is 15.5. The number of hydrogen-bond acceptors (Lipinski definition) is 2. The average molecular weight is 270 g/mol. The molecule has 0 bridgehead atoms. The van der Waals surface area contributed by atoms with Crippen molar-refractivity contribution in [3.05, 3.63) is 48.3 Å². The van der Waals surface area contributed by atoms with Gasteiger partial charge in [0.25, 0.3) is 0 Å². The topological polar surface area (TPSA) is 38.0 Å². The van der Waals surface area contributed by atoms with Crippen LogP contribution in [0.1, 0.15) is 13.3 Å². The molecule has 0 aliphatic rings. The minimum absolute atomic E-state index is 0.220. The summed E-state index contributed by atoms with van der Waals surface area (Å²) in [6.07, 6.45) is 0.938. The molecule has 3 nitrogen and oxygen atoms in total. The van der Waals surface area contributed by atoms with Crippen LogP contribution in [-0.2, 0) is 6.54 Å². The van der Waals surface area contributed by atoms with Crippen LogP contribution >= 0.6 is 0 Å². The van der Waals surface area contributed by atoms with Crippen molar-refractivity contribution in [2.45, 2.75) is 19.9 Å². The quantitative estimate of drug-likeness (QED) is 0.782. The van der Waals surface area contributed by atoms with Crippen molar-refractivity contribution in [1.82, 2.24) is 9.55 Å². The SMILES string of the molecule is CCCn1c(-c2ccc(O)cc2)nc2ccc(F)cc21. The first-order valence-corrected chi connectivity index (χ1v) is 6.64. The lowest BCUT2D eigenvalue weighted by Gasteiger charge is -2.07. The first-order valence-electron chi connectivity index (χ1n) is 6.64. The van der Waals surface area contributed by atoms with Gasteiger partial charge in [0.1, 0.15) is 17.4 Å². The Kier molecular flexibility index (Phi) is 3.14. The van der Waals surface area contributed by atoms with E-state index in [4.69, 9.17) is 0 Å². The van der Waals surface area contributed by atoms with Crippen LogP contribution in [0.4, 0.5) is 4.39 Å². The number of halogens is 1. The Morgan fingerprint density at radius 1 is 1.15 bits per heavy atom. The summed E-state index contributed by atoms with van der Waals surface area (Å²) >= 11 is 0. The number of phenols is 1. The molecule has 1 aromatic heterocycles. The standard InChI is InChI=1S/C16H15FN2O/c1-2-9-19-15-10-12(17)5-8-14(15)18-16(19)11-3-6-13(20)7-4-11/h3-8,10,20H,2,9H2,1H3. The second-order valence-electron chi connectivity index (χ2n) is 4.77. The van der Waals surface area contributed by atoms with Crippen molar-refractivity contribution in [3.63, 3.8) is 0 Å². The molecule has 1 heterocycles. The molecule has 0 fully saturated rings. The van der Waals surface area contributed by atoms with Crippen LogP contribution in [0, 0.1) is 5.82 Å². The van der Waals surface area contributed by atoms with Crippen molar-refractivity contribution in [2.24, 2.45) is 0 Å². The van der Waals surface area contributed by atoms with Gasteiger partial charge in [-0.3, -0.25) is 0 Å². The van der Waals surface area contributed by atoms with E-state index in [0.717, 1.165) is 35.4 Å². The molecule has 3 aromatic rings. The summed E-state index contributed by atoms with van der Waals surface area (Å²) in [5.74, 6) is 0.761. The van der Waals surface area contributed by atoms with E-state index in [1.165, 1.54) is 12.1 Å². The van der Waals surface area contributed by atoms with Gasteiger partial charge < -0.3 is 9.67 Å². The molecule has 102 valence electrons. The summed E-state index contributed by atoms with van der Waals surface area (Å²) in [5.41, 5.74) is 2.49. The van der Waals surface area contributed by atoms with Crippen LogP contribution in [0.25, 0.3) is 22.4 Å². The van der Waals surface area contributed by atoms with Gasteiger partial charge in [0, 0.05) is 12.1 Å². The first-order chi connectivity index (χ1) is 9.69. The fourth-order valence-electron chi connectivity index (χ4n) is 2.38. The van der Waals surface area contributed by atoms with Crippen LogP contribution in [0.15, 0.2) is 42.5 Å². The average Bonchev–Trinajstić information content (AvgIpc) is 2.79. The molecule has 0 amide bonds. The number of hydrogen-bond donors (Lipinski definition) is 1. The molecule has 0 unspecified atom stereocenters. The van der Waals surface area contributed by atoms with Crippen LogP contribution in [0.3, 0.4) is 0 Å². The molecule has 0 atom stereocenters. The molecule has 0 saturated carbocycles. The monoisotopic (exact) mass is 270 g/mol. The van der Waals surface area contributed by atoms with Crippen LogP contribution < -0.4 is 0 Å². The number of imidazole rings is 1. The highest BCUT2D eigenvalue weighted by atomic mass is 19.1. The zero-order valence-electron chi connectivity index (χ0n) is 11.2. The van der Waals surface area contributed by atoms with Gasteiger partial charge in [-0.2, -0.15) is 0 Å².